The van der Waals surface area contributed by atoms with Crippen molar-refractivity contribution in [2.24, 2.45) is 0 Å². The van der Waals surface area contributed by atoms with Crippen molar-refractivity contribution in [2.75, 3.05) is 32.7 Å². The fourth-order valence-corrected chi connectivity index (χ4v) is 2.68. The fraction of sp³-hybridized carbons (Fsp3) is 0.462. The second kappa shape index (κ2) is 6.28. The highest BCUT2D eigenvalue weighted by molar-refractivity contribution is 9.10. The zero-order chi connectivity index (χ0) is 13.0. The van der Waals surface area contributed by atoms with Crippen LogP contribution >= 0.6 is 15.9 Å². The molecular formula is C13H15BrFN3. The lowest BCUT2D eigenvalue weighted by atomic mass is 10.2. The smallest absolute Gasteiger partial charge is 0.124 e. The highest BCUT2D eigenvalue weighted by Crippen LogP contribution is 2.17. The molecule has 5 heteroatoms. The molecule has 0 saturated carbocycles. The van der Waals surface area contributed by atoms with E-state index in [1.807, 2.05) is 6.07 Å². The van der Waals surface area contributed by atoms with E-state index >= 15 is 0 Å². The summed E-state index contributed by atoms with van der Waals surface area (Å²) < 4.78 is 14.0. The van der Waals surface area contributed by atoms with Gasteiger partial charge in [-0.2, -0.15) is 5.26 Å². The van der Waals surface area contributed by atoms with Crippen LogP contribution in [-0.4, -0.2) is 42.5 Å². The first kappa shape index (κ1) is 13.5. The maximum Gasteiger partial charge on any atom is 0.124 e. The van der Waals surface area contributed by atoms with E-state index < -0.39 is 0 Å². The van der Waals surface area contributed by atoms with Gasteiger partial charge in [0, 0.05) is 37.2 Å². The summed E-state index contributed by atoms with van der Waals surface area (Å²) in [7, 11) is 0. The Kier molecular flexibility index (Phi) is 4.70. The number of benzene rings is 1. The highest BCUT2D eigenvalue weighted by Gasteiger charge is 2.16. The van der Waals surface area contributed by atoms with Crippen LogP contribution in [0, 0.1) is 17.1 Å². The van der Waals surface area contributed by atoms with Crippen LogP contribution in [0.3, 0.4) is 0 Å². The van der Waals surface area contributed by atoms with Gasteiger partial charge < -0.3 is 0 Å². The van der Waals surface area contributed by atoms with Crippen molar-refractivity contribution in [1.29, 1.82) is 5.26 Å². The lowest BCUT2D eigenvalue weighted by Gasteiger charge is -2.33. The molecule has 0 aliphatic carbocycles. The van der Waals surface area contributed by atoms with Crippen molar-refractivity contribution in [3.63, 3.8) is 0 Å². The number of halogens is 2. The summed E-state index contributed by atoms with van der Waals surface area (Å²) in [5.41, 5.74) is 0.982. The lowest BCUT2D eigenvalue weighted by Crippen LogP contribution is -2.45. The summed E-state index contributed by atoms with van der Waals surface area (Å²) in [5.74, 6) is -0.206. The highest BCUT2D eigenvalue weighted by atomic mass is 79.9. The molecule has 1 aliphatic rings. The monoisotopic (exact) mass is 311 g/mol. The molecule has 1 saturated heterocycles. The molecule has 0 amide bonds. The van der Waals surface area contributed by atoms with Crippen molar-refractivity contribution < 1.29 is 4.39 Å². The first-order valence-electron chi connectivity index (χ1n) is 5.94. The molecule has 0 radical (unpaired) electrons. The summed E-state index contributed by atoms with van der Waals surface area (Å²) in [4.78, 5) is 4.42. The molecule has 1 aliphatic heterocycles. The second-order valence-electron chi connectivity index (χ2n) is 4.49. The van der Waals surface area contributed by atoms with E-state index in [-0.39, 0.29) is 5.82 Å². The number of hydrogen-bond acceptors (Lipinski definition) is 3. The Hall–Kier alpha value is -0.960. The summed E-state index contributed by atoms with van der Waals surface area (Å²) in [6.45, 7) is 4.93. The predicted molar refractivity (Wildman–Crippen MR) is 71.4 cm³/mol. The SMILES string of the molecule is N#CCN1CCN(Cc2cc(F)cc(Br)c2)CC1. The number of hydrogen-bond donors (Lipinski definition) is 0. The molecule has 1 aromatic rings. The molecule has 96 valence electrons. The Balaban J connectivity index is 1.90. The molecule has 0 bridgehead atoms. The Morgan fingerprint density at radius 3 is 2.44 bits per heavy atom. The zero-order valence-corrected chi connectivity index (χ0v) is 11.7. The van der Waals surface area contributed by atoms with Gasteiger partial charge in [-0.05, 0) is 23.8 Å². The molecule has 0 atom stereocenters. The summed E-state index contributed by atoms with van der Waals surface area (Å²) >= 11 is 3.31. The Bertz CT molecular complexity index is 430. The average Bonchev–Trinajstić information content (AvgIpc) is 2.31. The van der Waals surface area contributed by atoms with Crippen LogP contribution in [0.25, 0.3) is 0 Å². The van der Waals surface area contributed by atoms with Gasteiger partial charge in [-0.15, -0.1) is 0 Å². The molecule has 0 N–H and O–H groups in total. The minimum atomic E-state index is -0.206. The van der Waals surface area contributed by atoms with E-state index in [0.29, 0.717) is 6.54 Å². The van der Waals surface area contributed by atoms with Crippen LogP contribution in [0.15, 0.2) is 22.7 Å². The van der Waals surface area contributed by atoms with Gasteiger partial charge in [0.15, 0.2) is 0 Å². The third-order valence-corrected chi connectivity index (χ3v) is 3.55. The van der Waals surface area contributed by atoms with Crippen LogP contribution in [0.1, 0.15) is 5.56 Å². The quantitative estimate of drug-likeness (QED) is 0.802. The van der Waals surface area contributed by atoms with Crippen LogP contribution in [0.5, 0.6) is 0 Å². The summed E-state index contributed by atoms with van der Waals surface area (Å²) in [6.07, 6.45) is 0. The molecular weight excluding hydrogens is 297 g/mol. The van der Waals surface area contributed by atoms with Crippen LogP contribution in [-0.2, 0) is 6.54 Å². The molecule has 0 aromatic heterocycles. The standard InChI is InChI=1S/C13H15BrFN3/c14-12-7-11(8-13(15)9-12)10-18-5-3-17(2-1-16)4-6-18/h7-9H,2-6,10H2. The van der Waals surface area contributed by atoms with Crippen molar-refractivity contribution in [1.82, 2.24) is 9.80 Å². The Labute approximate surface area is 115 Å². The minimum Gasteiger partial charge on any atom is -0.297 e. The third kappa shape index (κ3) is 3.77. The van der Waals surface area contributed by atoms with Crippen LogP contribution in [0.4, 0.5) is 4.39 Å². The topological polar surface area (TPSA) is 30.3 Å². The van der Waals surface area contributed by atoms with Gasteiger partial charge in [-0.3, -0.25) is 9.80 Å². The summed E-state index contributed by atoms with van der Waals surface area (Å²) in [6, 6.07) is 7.16. The van der Waals surface area contributed by atoms with E-state index in [9.17, 15) is 4.39 Å². The molecule has 3 nitrogen and oxygen atoms in total. The number of nitriles is 1. The van der Waals surface area contributed by atoms with E-state index in [4.69, 9.17) is 5.26 Å². The zero-order valence-electron chi connectivity index (χ0n) is 10.1. The van der Waals surface area contributed by atoms with Gasteiger partial charge in [-0.1, -0.05) is 15.9 Å². The van der Waals surface area contributed by atoms with Gasteiger partial charge in [0.25, 0.3) is 0 Å². The van der Waals surface area contributed by atoms with E-state index in [2.05, 4.69) is 31.8 Å². The van der Waals surface area contributed by atoms with Crippen molar-refractivity contribution >= 4 is 15.9 Å². The van der Waals surface area contributed by atoms with Crippen LogP contribution in [0.2, 0.25) is 0 Å². The van der Waals surface area contributed by atoms with Gasteiger partial charge in [-0.25, -0.2) is 4.39 Å². The minimum absolute atomic E-state index is 0.206. The first-order valence-corrected chi connectivity index (χ1v) is 6.73. The van der Waals surface area contributed by atoms with E-state index in [0.717, 1.165) is 42.8 Å². The van der Waals surface area contributed by atoms with E-state index in [1.54, 1.807) is 6.07 Å². The van der Waals surface area contributed by atoms with Crippen molar-refractivity contribution in [3.8, 4) is 6.07 Å². The lowest BCUT2D eigenvalue weighted by molar-refractivity contribution is 0.138. The molecule has 2 rings (SSSR count). The maximum atomic E-state index is 13.3. The second-order valence-corrected chi connectivity index (χ2v) is 5.40. The van der Waals surface area contributed by atoms with Gasteiger partial charge in [0.2, 0.25) is 0 Å². The molecule has 0 unspecified atom stereocenters. The van der Waals surface area contributed by atoms with Gasteiger partial charge in [0.1, 0.15) is 5.82 Å². The predicted octanol–water partition coefficient (Wildman–Crippen LogP) is 2.23. The molecule has 18 heavy (non-hydrogen) atoms. The largest absolute Gasteiger partial charge is 0.297 e. The molecule has 1 fully saturated rings. The third-order valence-electron chi connectivity index (χ3n) is 3.09. The Morgan fingerprint density at radius 2 is 1.83 bits per heavy atom. The number of nitrogens with zero attached hydrogens (tertiary/aromatic N) is 3. The van der Waals surface area contributed by atoms with E-state index in [1.165, 1.54) is 6.07 Å². The summed E-state index contributed by atoms with van der Waals surface area (Å²) in [5, 5.41) is 8.63. The number of piperazine rings is 1. The van der Waals surface area contributed by atoms with Crippen LogP contribution < -0.4 is 0 Å². The molecule has 1 heterocycles. The maximum absolute atomic E-state index is 13.3. The van der Waals surface area contributed by atoms with Gasteiger partial charge >= 0.3 is 0 Å². The first-order chi connectivity index (χ1) is 8.67. The van der Waals surface area contributed by atoms with Crippen molar-refractivity contribution in [3.05, 3.63) is 34.1 Å². The fourth-order valence-electron chi connectivity index (χ4n) is 2.17. The normalized spacial score (nSPS) is 17.6. The Morgan fingerprint density at radius 1 is 1.17 bits per heavy atom. The van der Waals surface area contributed by atoms with Crippen molar-refractivity contribution in [2.45, 2.75) is 6.54 Å². The average molecular weight is 312 g/mol. The molecule has 0 spiro atoms. The molecule has 1 aromatic carbocycles. The van der Waals surface area contributed by atoms with Gasteiger partial charge in [0.05, 0.1) is 12.6 Å². The number of rotatable bonds is 3.